The number of carbonyl (C=O) groups is 3. The number of thiophene rings is 1. The zero-order chi connectivity index (χ0) is 16.9. The third kappa shape index (κ3) is 4.17. The number of imide groups is 1. The van der Waals surface area contributed by atoms with Crippen LogP contribution in [0.5, 0.6) is 0 Å². The van der Waals surface area contributed by atoms with Crippen molar-refractivity contribution in [2.75, 3.05) is 5.32 Å². The highest BCUT2D eigenvalue weighted by Gasteiger charge is 2.30. The Bertz CT molecular complexity index is 779. The third-order valence-electron chi connectivity index (χ3n) is 3.74. The van der Waals surface area contributed by atoms with E-state index in [-0.39, 0.29) is 30.1 Å². The molecule has 3 rings (SSSR count). The highest BCUT2D eigenvalue weighted by atomic mass is 32.1. The van der Waals surface area contributed by atoms with Gasteiger partial charge in [-0.05, 0) is 52.6 Å². The molecule has 1 atom stereocenters. The van der Waals surface area contributed by atoms with Crippen LogP contribution in [0.1, 0.15) is 17.5 Å². The summed E-state index contributed by atoms with van der Waals surface area (Å²) in [5.41, 5.74) is 2.64. The Hall–Kier alpha value is -2.73. The molecule has 1 saturated heterocycles. The lowest BCUT2D eigenvalue weighted by Crippen LogP contribution is -2.22. The van der Waals surface area contributed by atoms with Crippen LogP contribution in [0.15, 0.2) is 47.2 Å². The second-order valence-electron chi connectivity index (χ2n) is 5.59. The number of nitrogens with one attached hydrogen (secondary N) is 2. The number of rotatable bonds is 5. The Kier molecular flexibility index (Phi) is 4.86. The lowest BCUT2D eigenvalue weighted by Gasteiger charge is -2.07. The summed E-state index contributed by atoms with van der Waals surface area (Å²) in [5.74, 6) is -0.927. The van der Waals surface area contributed by atoms with Crippen LogP contribution in [0.2, 0.25) is 0 Å². The average molecular weight is 340 g/mol. The minimum absolute atomic E-state index is 0.199. The number of amides is 3. The van der Waals surface area contributed by atoms with E-state index in [1.165, 1.54) is 6.08 Å². The second-order valence-corrected chi connectivity index (χ2v) is 6.37. The molecule has 2 heterocycles. The molecule has 24 heavy (non-hydrogen) atoms. The first-order valence-electron chi connectivity index (χ1n) is 7.54. The van der Waals surface area contributed by atoms with Gasteiger partial charge in [0.15, 0.2) is 0 Å². The molecule has 122 valence electrons. The predicted molar refractivity (Wildman–Crippen MR) is 93.4 cm³/mol. The number of hydrogen-bond donors (Lipinski definition) is 2. The van der Waals surface area contributed by atoms with Gasteiger partial charge in [-0.1, -0.05) is 12.1 Å². The summed E-state index contributed by atoms with van der Waals surface area (Å²) in [7, 11) is 0. The molecule has 0 saturated carbocycles. The summed E-state index contributed by atoms with van der Waals surface area (Å²) in [4.78, 5) is 34.6. The van der Waals surface area contributed by atoms with Crippen LogP contribution in [0.25, 0.3) is 6.08 Å². The number of hydrogen-bond acceptors (Lipinski definition) is 4. The van der Waals surface area contributed by atoms with Crippen LogP contribution < -0.4 is 10.6 Å². The molecule has 1 aliphatic rings. The molecule has 5 nitrogen and oxygen atoms in total. The first kappa shape index (κ1) is 16.1. The standard InChI is InChI=1S/C18H16N2O3S/c21-16(6-3-13-7-8-24-11-13)19-15-4-1-12(2-5-15)9-14-10-17(22)20-18(14)23/h1-8,11,14H,9-10H2,(H,19,21)(H,20,22,23)/b6-3+/t14-/m0/s1. The Labute approximate surface area is 143 Å². The summed E-state index contributed by atoms with van der Waals surface area (Å²) in [6, 6.07) is 9.23. The Morgan fingerprint density at radius 2 is 2.04 bits per heavy atom. The van der Waals surface area contributed by atoms with Crippen molar-refractivity contribution in [3.63, 3.8) is 0 Å². The van der Waals surface area contributed by atoms with E-state index in [0.29, 0.717) is 12.1 Å². The van der Waals surface area contributed by atoms with Gasteiger partial charge in [-0.25, -0.2) is 0 Å². The van der Waals surface area contributed by atoms with E-state index < -0.39 is 0 Å². The molecule has 0 unspecified atom stereocenters. The smallest absolute Gasteiger partial charge is 0.248 e. The van der Waals surface area contributed by atoms with Gasteiger partial charge in [0.25, 0.3) is 0 Å². The van der Waals surface area contributed by atoms with E-state index in [9.17, 15) is 14.4 Å². The summed E-state index contributed by atoms with van der Waals surface area (Å²) < 4.78 is 0. The summed E-state index contributed by atoms with van der Waals surface area (Å²) in [5, 5.41) is 9.01. The van der Waals surface area contributed by atoms with Gasteiger partial charge in [-0.3, -0.25) is 19.7 Å². The van der Waals surface area contributed by atoms with Crippen molar-refractivity contribution in [2.24, 2.45) is 5.92 Å². The first-order chi connectivity index (χ1) is 11.6. The van der Waals surface area contributed by atoms with Crippen LogP contribution in [0.4, 0.5) is 5.69 Å². The van der Waals surface area contributed by atoms with Gasteiger partial charge in [-0.2, -0.15) is 11.3 Å². The quantitative estimate of drug-likeness (QED) is 0.649. The zero-order valence-corrected chi connectivity index (χ0v) is 13.6. The number of anilines is 1. The maximum absolute atomic E-state index is 11.9. The van der Waals surface area contributed by atoms with Crippen molar-refractivity contribution in [1.82, 2.24) is 5.32 Å². The van der Waals surface area contributed by atoms with Crippen molar-refractivity contribution in [3.05, 3.63) is 58.3 Å². The van der Waals surface area contributed by atoms with E-state index in [4.69, 9.17) is 0 Å². The van der Waals surface area contributed by atoms with Gasteiger partial charge in [0.1, 0.15) is 0 Å². The minimum atomic E-state index is -0.300. The maximum Gasteiger partial charge on any atom is 0.248 e. The molecule has 6 heteroatoms. The fourth-order valence-electron chi connectivity index (χ4n) is 2.51. The molecule has 0 aliphatic carbocycles. The molecule has 2 aromatic rings. The molecule has 0 bridgehead atoms. The second kappa shape index (κ2) is 7.23. The highest BCUT2D eigenvalue weighted by Crippen LogP contribution is 2.19. The first-order valence-corrected chi connectivity index (χ1v) is 8.48. The predicted octanol–water partition coefficient (Wildman–Crippen LogP) is 2.61. The van der Waals surface area contributed by atoms with Gasteiger partial charge in [0, 0.05) is 18.2 Å². The summed E-state index contributed by atoms with van der Waals surface area (Å²) in [6.45, 7) is 0. The molecule has 0 spiro atoms. The lowest BCUT2D eigenvalue weighted by molar-refractivity contribution is -0.125. The fourth-order valence-corrected chi connectivity index (χ4v) is 3.13. The van der Waals surface area contributed by atoms with E-state index >= 15 is 0 Å². The van der Waals surface area contributed by atoms with E-state index in [1.807, 2.05) is 29.0 Å². The lowest BCUT2D eigenvalue weighted by atomic mass is 9.98. The molecule has 1 fully saturated rings. The molecule has 3 amide bonds. The average Bonchev–Trinajstić information content (AvgIpc) is 3.17. The van der Waals surface area contributed by atoms with E-state index in [1.54, 1.807) is 29.5 Å². The number of benzene rings is 1. The molecule has 1 aliphatic heterocycles. The van der Waals surface area contributed by atoms with Crippen molar-refractivity contribution in [1.29, 1.82) is 0 Å². The largest absolute Gasteiger partial charge is 0.323 e. The Balaban J connectivity index is 1.55. The van der Waals surface area contributed by atoms with E-state index in [2.05, 4.69) is 10.6 Å². The Morgan fingerprint density at radius 1 is 1.25 bits per heavy atom. The SMILES string of the molecule is O=C(/C=C/c1ccsc1)Nc1ccc(C[C@H]2CC(=O)NC2=O)cc1. The third-order valence-corrected chi connectivity index (χ3v) is 4.44. The topological polar surface area (TPSA) is 75.3 Å². The molecular weight excluding hydrogens is 324 g/mol. The van der Waals surface area contributed by atoms with Gasteiger partial charge < -0.3 is 5.32 Å². The normalized spacial score (nSPS) is 17.2. The van der Waals surface area contributed by atoms with Gasteiger partial charge in [-0.15, -0.1) is 0 Å². The fraction of sp³-hybridized carbons (Fsp3) is 0.167. The summed E-state index contributed by atoms with van der Waals surface area (Å²) >= 11 is 1.58. The van der Waals surface area contributed by atoms with Crippen LogP contribution in [0, 0.1) is 5.92 Å². The van der Waals surface area contributed by atoms with Gasteiger partial charge >= 0.3 is 0 Å². The van der Waals surface area contributed by atoms with Crippen molar-refractivity contribution in [2.45, 2.75) is 12.8 Å². The van der Waals surface area contributed by atoms with Crippen molar-refractivity contribution in [3.8, 4) is 0 Å². The van der Waals surface area contributed by atoms with Crippen LogP contribution in [-0.4, -0.2) is 17.7 Å². The monoisotopic (exact) mass is 340 g/mol. The van der Waals surface area contributed by atoms with Crippen LogP contribution >= 0.6 is 11.3 Å². The molecule has 2 N–H and O–H groups in total. The Morgan fingerprint density at radius 3 is 2.67 bits per heavy atom. The van der Waals surface area contributed by atoms with E-state index in [0.717, 1.165) is 11.1 Å². The maximum atomic E-state index is 11.9. The van der Waals surface area contributed by atoms with Crippen molar-refractivity contribution >= 4 is 40.8 Å². The molecular formula is C18H16N2O3S. The number of carbonyl (C=O) groups excluding carboxylic acids is 3. The van der Waals surface area contributed by atoms with Crippen LogP contribution in [-0.2, 0) is 20.8 Å². The minimum Gasteiger partial charge on any atom is -0.323 e. The summed E-state index contributed by atoms with van der Waals surface area (Å²) in [6.07, 6.45) is 4.01. The molecule has 1 aromatic carbocycles. The van der Waals surface area contributed by atoms with Crippen LogP contribution in [0.3, 0.4) is 0 Å². The highest BCUT2D eigenvalue weighted by molar-refractivity contribution is 7.08. The van der Waals surface area contributed by atoms with Gasteiger partial charge in [0.2, 0.25) is 17.7 Å². The molecule has 1 aromatic heterocycles. The van der Waals surface area contributed by atoms with Gasteiger partial charge in [0.05, 0.1) is 5.92 Å². The van der Waals surface area contributed by atoms with Crippen molar-refractivity contribution < 1.29 is 14.4 Å². The molecule has 0 radical (unpaired) electrons. The zero-order valence-electron chi connectivity index (χ0n) is 12.8.